The molecule has 0 aliphatic carbocycles. The average Bonchev–Trinajstić information content (AvgIpc) is 2.70. The Morgan fingerprint density at radius 3 is 2.71 bits per heavy atom. The normalized spacial score (nSPS) is 21.7. The van der Waals surface area contributed by atoms with E-state index in [1.54, 1.807) is 12.1 Å². The fourth-order valence-electron chi connectivity index (χ4n) is 3.09. The van der Waals surface area contributed by atoms with E-state index in [4.69, 9.17) is 20.9 Å². The van der Waals surface area contributed by atoms with Gasteiger partial charge in [-0.15, -0.1) is 0 Å². The molecule has 2 aliphatic rings. The molecule has 1 N–H and O–H groups in total. The third-order valence-corrected chi connectivity index (χ3v) is 6.78. The summed E-state index contributed by atoms with van der Waals surface area (Å²) in [6, 6.07) is 10.6. The Labute approximate surface area is 167 Å². The first-order chi connectivity index (χ1) is 13.5. The number of hydrogen-bond donors (Lipinski definition) is 1. The molecule has 2 aromatic rings. The van der Waals surface area contributed by atoms with E-state index in [2.05, 4.69) is 5.09 Å². The molecule has 4 rings (SSSR count). The number of amides is 2. The number of carbonyl (C=O) groups is 1. The van der Waals surface area contributed by atoms with Crippen LogP contribution in [-0.4, -0.2) is 37.2 Å². The van der Waals surface area contributed by atoms with E-state index in [0.29, 0.717) is 37.7 Å². The van der Waals surface area contributed by atoms with Crippen molar-refractivity contribution in [3.63, 3.8) is 0 Å². The number of para-hydroxylation sites is 1. The van der Waals surface area contributed by atoms with Crippen LogP contribution in [0.4, 0.5) is 14.9 Å². The second-order valence-corrected chi connectivity index (χ2v) is 8.73. The van der Waals surface area contributed by atoms with Crippen molar-refractivity contribution in [1.29, 1.82) is 0 Å². The van der Waals surface area contributed by atoms with Crippen LogP contribution in [0.25, 0.3) is 0 Å². The minimum absolute atomic E-state index is 0.109. The van der Waals surface area contributed by atoms with Crippen molar-refractivity contribution in [1.82, 2.24) is 9.99 Å². The number of morpholine rings is 1. The molecule has 2 heterocycles. The van der Waals surface area contributed by atoms with Gasteiger partial charge < -0.3 is 19.1 Å². The lowest BCUT2D eigenvalue weighted by Crippen LogP contribution is -2.52. The van der Waals surface area contributed by atoms with Crippen molar-refractivity contribution in [2.45, 2.75) is 6.54 Å². The summed E-state index contributed by atoms with van der Waals surface area (Å²) in [6.07, 6.45) is 0. The minimum Gasteiger partial charge on any atom is -0.610 e. The Morgan fingerprint density at radius 1 is 1.21 bits per heavy atom. The summed E-state index contributed by atoms with van der Waals surface area (Å²) in [6.45, 7) is 1.83. The lowest BCUT2D eigenvalue weighted by Gasteiger charge is -2.42. The van der Waals surface area contributed by atoms with Gasteiger partial charge in [-0.1, -0.05) is 29.8 Å². The molecular weight excluding hydrogens is 408 g/mol. The lowest BCUT2D eigenvalue weighted by atomic mass is 10.2. The van der Waals surface area contributed by atoms with E-state index in [0.717, 1.165) is 5.56 Å². The summed E-state index contributed by atoms with van der Waals surface area (Å²) in [5, 5.41) is 2.43. The number of rotatable bonds is 2. The van der Waals surface area contributed by atoms with Crippen LogP contribution >= 0.6 is 19.6 Å². The Hall–Kier alpha value is -2.12. The fourth-order valence-corrected chi connectivity index (χ4v) is 5.13. The number of nitrogens with one attached hydrogen (secondary N) is 1. The Bertz CT molecular complexity index is 899. The van der Waals surface area contributed by atoms with Crippen molar-refractivity contribution in [2.75, 3.05) is 31.0 Å². The Kier molecular flexibility index (Phi) is 5.29. The highest BCUT2D eigenvalue weighted by Crippen LogP contribution is 2.58. The van der Waals surface area contributed by atoms with Crippen molar-refractivity contribution < 1.29 is 23.3 Å². The number of nitrogens with zero attached hydrogens (tertiary/aromatic N) is 2. The van der Waals surface area contributed by atoms with Gasteiger partial charge in [0.15, 0.2) is 5.75 Å². The highest BCUT2D eigenvalue weighted by Gasteiger charge is 2.46. The second-order valence-electron chi connectivity index (χ2n) is 6.39. The zero-order chi connectivity index (χ0) is 19.7. The number of ether oxygens (including phenoxy) is 1. The maximum atomic E-state index is 13.8. The quantitative estimate of drug-likeness (QED) is 0.749. The van der Waals surface area contributed by atoms with Gasteiger partial charge >= 0.3 is 14.0 Å². The van der Waals surface area contributed by atoms with Crippen LogP contribution < -0.4 is 19.2 Å². The number of anilines is 1. The molecule has 0 bridgehead atoms. The third-order valence-electron chi connectivity index (χ3n) is 4.57. The maximum absolute atomic E-state index is 13.8. The molecule has 0 radical (unpaired) electrons. The number of hydrogen-bond acceptors (Lipinski definition) is 5. The van der Waals surface area contributed by atoms with Crippen molar-refractivity contribution >= 4 is 31.3 Å². The zero-order valence-electron chi connectivity index (χ0n) is 14.8. The molecule has 0 spiro atoms. The smallest absolute Gasteiger partial charge is 0.353 e. The summed E-state index contributed by atoms with van der Waals surface area (Å²) in [5.41, 5.74) is 1.17. The number of halogens is 2. The Morgan fingerprint density at radius 2 is 1.96 bits per heavy atom. The standard InChI is InChI=1S/C18H18ClFN3O4P/c19-15-11-14(5-6-16(15)20)23-12-13-3-1-2-4-17(13)27-28(23,25)21-18(24)22-7-9-26-10-8-22/h1-6,11H,7-10,12H2,(H,21,24,25). The first-order valence-electron chi connectivity index (χ1n) is 8.72. The molecule has 148 valence electrons. The first-order valence-corrected chi connectivity index (χ1v) is 10.7. The van der Waals surface area contributed by atoms with Crippen LogP contribution in [0, 0.1) is 5.82 Å². The SMILES string of the molecule is O=C(N[P+]1([O-])Oc2ccccc2CN1c1ccc(F)c(Cl)c1)N1CCOCC1. The predicted octanol–water partition coefficient (Wildman–Crippen LogP) is 2.96. The van der Waals surface area contributed by atoms with E-state index in [9.17, 15) is 14.1 Å². The molecule has 7 nitrogen and oxygen atoms in total. The van der Waals surface area contributed by atoms with E-state index < -0.39 is 19.9 Å². The van der Waals surface area contributed by atoms with Gasteiger partial charge in [-0.05, 0) is 24.3 Å². The maximum Gasteiger partial charge on any atom is 0.353 e. The summed E-state index contributed by atoms with van der Waals surface area (Å²) in [5.74, 6) is -0.159. The van der Waals surface area contributed by atoms with Gasteiger partial charge in [-0.25, -0.2) is 9.18 Å². The average molecular weight is 426 g/mol. The molecule has 10 heteroatoms. The predicted molar refractivity (Wildman–Crippen MR) is 103 cm³/mol. The highest BCUT2D eigenvalue weighted by atomic mass is 35.5. The molecule has 2 aromatic carbocycles. The molecule has 1 saturated heterocycles. The largest absolute Gasteiger partial charge is 0.610 e. The van der Waals surface area contributed by atoms with Crippen LogP contribution in [-0.2, 0) is 11.3 Å². The van der Waals surface area contributed by atoms with Crippen LogP contribution in [0.5, 0.6) is 5.75 Å². The van der Waals surface area contributed by atoms with Crippen LogP contribution in [0.15, 0.2) is 42.5 Å². The number of carbonyl (C=O) groups excluding carboxylic acids is 1. The summed E-state index contributed by atoms with van der Waals surface area (Å²) in [7, 11) is -3.87. The monoisotopic (exact) mass is 425 g/mol. The van der Waals surface area contributed by atoms with Crippen molar-refractivity contribution in [3.05, 3.63) is 58.9 Å². The number of fused-ring (bicyclic) bond motifs is 1. The number of urea groups is 1. The second kappa shape index (κ2) is 7.72. The van der Waals surface area contributed by atoms with Crippen molar-refractivity contribution in [3.8, 4) is 5.75 Å². The highest BCUT2D eigenvalue weighted by molar-refractivity contribution is 7.65. The molecule has 1 fully saturated rings. The number of benzene rings is 2. The lowest BCUT2D eigenvalue weighted by molar-refractivity contribution is -0.189. The minimum atomic E-state index is -3.87. The zero-order valence-corrected chi connectivity index (χ0v) is 16.5. The molecular formula is C18H18ClFN3O4P. The van der Waals surface area contributed by atoms with Gasteiger partial charge in [0.2, 0.25) is 0 Å². The molecule has 0 aromatic heterocycles. The van der Waals surface area contributed by atoms with Gasteiger partial charge in [0, 0.05) is 18.7 Å². The van der Waals surface area contributed by atoms with E-state index in [1.165, 1.54) is 27.8 Å². The van der Waals surface area contributed by atoms with Gasteiger partial charge in [0.05, 0.1) is 30.5 Å². The molecule has 2 amide bonds. The topological polar surface area (TPSA) is 77.1 Å². The van der Waals surface area contributed by atoms with E-state index >= 15 is 0 Å². The fraction of sp³-hybridized carbons (Fsp3) is 0.278. The Balaban J connectivity index is 1.68. The molecule has 1 atom stereocenters. The summed E-state index contributed by atoms with van der Waals surface area (Å²) >= 11 is 5.91. The van der Waals surface area contributed by atoms with Gasteiger partial charge in [0.1, 0.15) is 5.82 Å². The van der Waals surface area contributed by atoms with Gasteiger partial charge in [0.25, 0.3) is 0 Å². The van der Waals surface area contributed by atoms with Crippen molar-refractivity contribution in [2.24, 2.45) is 0 Å². The van der Waals surface area contributed by atoms with E-state index in [-0.39, 0.29) is 11.6 Å². The first kappa shape index (κ1) is 19.2. The van der Waals surface area contributed by atoms with Gasteiger partial charge in [-0.3, -0.25) is 0 Å². The molecule has 2 aliphatic heterocycles. The molecule has 0 saturated carbocycles. The summed E-state index contributed by atoms with van der Waals surface area (Å²) in [4.78, 5) is 27.9. The van der Waals surface area contributed by atoms with Gasteiger partial charge in [-0.2, -0.15) is 9.76 Å². The van der Waals surface area contributed by atoms with Crippen LogP contribution in [0.1, 0.15) is 5.56 Å². The van der Waals surface area contributed by atoms with E-state index in [1.807, 2.05) is 12.1 Å². The van der Waals surface area contributed by atoms with Crippen LogP contribution in [0.2, 0.25) is 5.02 Å². The third kappa shape index (κ3) is 3.73. The summed E-state index contributed by atoms with van der Waals surface area (Å²) < 4.78 is 26.0. The van der Waals surface area contributed by atoms with Crippen LogP contribution in [0.3, 0.4) is 0 Å². The molecule has 1 unspecified atom stereocenters. The molecule has 28 heavy (non-hydrogen) atoms.